The van der Waals surface area contributed by atoms with Gasteiger partial charge in [-0.05, 0) is 19.8 Å². The summed E-state index contributed by atoms with van der Waals surface area (Å²) in [7, 11) is -3.02. The van der Waals surface area contributed by atoms with Crippen LogP contribution in [0.5, 0.6) is 0 Å². The molecule has 1 amide bonds. The molecule has 0 spiro atoms. The van der Waals surface area contributed by atoms with E-state index in [2.05, 4.69) is 0 Å². The van der Waals surface area contributed by atoms with Crippen molar-refractivity contribution in [3.8, 4) is 6.07 Å². The van der Waals surface area contributed by atoms with Crippen LogP contribution in [-0.2, 0) is 14.6 Å². The van der Waals surface area contributed by atoms with E-state index in [9.17, 15) is 13.2 Å². The van der Waals surface area contributed by atoms with Gasteiger partial charge in [0.15, 0.2) is 9.84 Å². The molecule has 0 aromatic carbocycles. The molecule has 1 saturated heterocycles. The Labute approximate surface area is 102 Å². The first-order chi connectivity index (χ1) is 7.84. The Hall–Kier alpha value is -1.09. The van der Waals surface area contributed by atoms with Crippen LogP contribution in [0.3, 0.4) is 0 Å². The second-order valence-electron chi connectivity index (χ2n) is 4.60. The van der Waals surface area contributed by atoms with Gasteiger partial charge in [-0.1, -0.05) is 6.92 Å². The van der Waals surface area contributed by atoms with E-state index in [1.165, 1.54) is 4.90 Å². The van der Waals surface area contributed by atoms with Crippen molar-refractivity contribution in [3.63, 3.8) is 0 Å². The predicted molar refractivity (Wildman–Crippen MR) is 63.9 cm³/mol. The molecule has 0 saturated carbocycles. The van der Waals surface area contributed by atoms with Crippen molar-refractivity contribution in [3.05, 3.63) is 0 Å². The highest BCUT2D eigenvalue weighted by molar-refractivity contribution is 7.91. The molecule has 1 aliphatic heterocycles. The monoisotopic (exact) mass is 258 g/mol. The number of hydrogen-bond acceptors (Lipinski definition) is 4. The summed E-state index contributed by atoms with van der Waals surface area (Å²) in [4.78, 5) is 13.7. The van der Waals surface area contributed by atoms with Gasteiger partial charge in [-0.15, -0.1) is 0 Å². The standard InChI is InChI=1S/C11H18N2O3S/c1-3-11(2,9-12)10(14)13-5-4-7-17(15,16)8-6-13/h3-8H2,1-2H3. The third kappa shape index (κ3) is 3.19. The van der Waals surface area contributed by atoms with Crippen molar-refractivity contribution >= 4 is 15.7 Å². The fourth-order valence-electron chi connectivity index (χ4n) is 1.77. The molecule has 17 heavy (non-hydrogen) atoms. The van der Waals surface area contributed by atoms with Crippen LogP contribution >= 0.6 is 0 Å². The Morgan fingerprint density at radius 3 is 2.59 bits per heavy atom. The van der Waals surface area contributed by atoms with E-state index in [-0.39, 0.29) is 24.0 Å². The lowest BCUT2D eigenvalue weighted by Crippen LogP contribution is -2.42. The summed E-state index contributed by atoms with van der Waals surface area (Å²) in [6, 6.07) is 2.03. The predicted octanol–water partition coefficient (Wildman–Crippen LogP) is 0.573. The van der Waals surface area contributed by atoms with E-state index in [0.717, 1.165) is 0 Å². The summed E-state index contributed by atoms with van der Waals surface area (Å²) < 4.78 is 22.8. The SMILES string of the molecule is CCC(C)(C#N)C(=O)N1CCCS(=O)(=O)CC1. The fourth-order valence-corrected chi connectivity index (χ4v) is 3.04. The van der Waals surface area contributed by atoms with Crippen molar-refractivity contribution in [2.24, 2.45) is 5.41 Å². The van der Waals surface area contributed by atoms with Crippen LogP contribution in [0.4, 0.5) is 0 Å². The third-order valence-corrected chi connectivity index (χ3v) is 4.98. The molecular formula is C11H18N2O3S. The van der Waals surface area contributed by atoms with Crippen LogP contribution in [0.2, 0.25) is 0 Å². The highest BCUT2D eigenvalue weighted by Crippen LogP contribution is 2.24. The van der Waals surface area contributed by atoms with E-state index < -0.39 is 15.3 Å². The quantitative estimate of drug-likeness (QED) is 0.725. The second-order valence-corrected chi connectivity index (χ2v) is 6.90. The first-order valence-electron chi connectivity index (χ1n) is 5.76. The van der Waals surface area contributed by atoms with Crippen molar-refractivity contribution in [2.75, 3.05) is 24.6 Å². The van der Waals surface area contributed by atoms with Gasteiger partial charge in [0.1, 0.15) is 5.41 Å². The Balaban J connectivity index is 2.82. The third-order valence-electron chi connectivity index (χ3n) is 3.27. The van der Waals surface area contributed by atoms with Crippen molar-refractivity contribution < 1.29 is 13.2 Å². The average Bonchev–Trinajstić information content (AvgIpc) is 2.48. The summed E-state index contributed by atoms with van der Waals surface area (Å²) in [5, 5.41) is 9.04. The van der Waals surface area contributed by atoms with E-state index in [1.54, 1.807) is 13.8 Å². The normalized spacial score (nSPS) is 23.2. The summed E-state index contributed by atoms with van der Waals surface area (Å²) in [6.45, 7) is 4.03. The number of sulfone groups is 1. The molecular weight excluding hydrogens is 240 g/mol. The molecule has 0 N–H and O–H groups in total. The lowest BCUT2D eigenvalue weighted by molar-refractivity contribution is -0.138. The molecule has 5 nitrogen and oxygen atoms in total. The molecule has 0 aromatic heterocycles. The molecule has 0 aliphatic carbocycles. The fraction of sp³-hybridized carbons (Fsp3) is 0.818. The minimum Gasteiger partial charge on any atom is -0.340 e. The number of rotatable bonds is 2. The first-order valence-corrected chi connectivity index (χ1v) is 7.58. The van der Waals surface area contributed by atoms with Gasteiger partial charge in [-0.2, -0.15) is 5.26 Å². The number of carbonyl (C=O) groups excluding carboxylic acids is 1. The Morgan fingerprint density at radius 2 is 2.06 bits per heavy atom. The number of nitrogens with zero attached hydrogens (tertiary/aromatic N) is 2. The lowest BCUT2D eigenvalue weighted by atomic mass is 9.87. The summed E-state index contributed by atoms with van der Waals surface area (Å²) in [5.74, 6) is -0.115. The van der Waals surface area contributed by atoms with Crippen molar-refractivity contribution in [1.82, 2.24) is 4.90 Å². The van der Waals surface area contributed by atoms with E-state index in [1.807, 2.05) is 6.07 Å². The zero-order valence-electron chi connectivity index (χ0n) is 10.3. The topological polar surface area (TPSA) is 78.2 Å². The van der Waals surface area contributed by atoms with Crippen LogP contribution in [0.1, 0.15) is 26.7 Å². The summed E-state index contributed by atoms with van der Waals surface area (Å²) >= 11 is 0. The highest BCUT2D eigenvalue weighted by atomic mass is 32.2. The second kappa shape index (κ2) is 5.05. The Kier molecular flexibility index (Phi) is 4.15. The van der Waals surface area contributed by atoms with E-state index in [0.29, 0.717) is 19.4 Å². The summed E-state index contributed by atoms with van der Waals surface area (Å²) in [5.41, 5.74) is -1.03. The molecule has 0 aromatic rings. The van der Waals surface area contributed by atoms with Gasteiger partial charge in [-0.3, -0.25) is 4.79 Å². The van der Waals surface area contributed by atoms with Gasteiger partial charge in [-0.25, -0.2) is 8.42 Å². The average molecular weight is 258 g/mol. The van der Waals surface area contributed by atoms with Crippen LogP contribution in [0, 0.1) is 16.7 Å². The molecule has 1 aliphatic rings. The smallest absolute Gasteiger partial charge is 0.242 e. The minimum absolute atomic E-state index is 0.00393. The lowest BCUT2D eigenvalue weighted by Gasteiger charge is -2.27. The number of hydrogen-bond donors (Lipinski definition) is 0. The molecule has 1 unspecified atom stereocenters. The van der Waals surface area contributed by atoms with Crippen LogP contribution in [0.25, 0.3) is 0 Å². The van der Waals surface area contributed by atoms with Gasteiger partial charge < -0.3 is 4.90 Å². The number of carbonyl (C=O) groups is 1. The van der Waals surface area contributed by atoms with Crippen molar-refractivity contribution in [1.29, 1.82) is 5.26 Å². The highest BCUT2D eigenvalue weighted by Gasteiger charge is 2.36. The summed E-state index contributed by atoms with van der Waals surface area (Å²) in [6.07, 6.45) is 0.894. The van der Waals surface area contributed by atoms with E-state index in [4.69, 9.17) is 5.26 Å². The largest absolute Gasteiger partial charge is 0.340 e. The molecule has 0 radical (unpaired) electrons. The van der Waals surface area contributed by atoms with Gasteiger partial charge >= 0.3 is 0 Å². The van der Waals surface area contributed by atoms with Gasteiger partial charge in [0.05, 0.1) is 17.6 Å². The van der Waals surface area contributed by atoms with Crippen LogP contribution < -0.4 is 0 Å². The number of nitriles is 1. The Bertz CT molecular complexity index is 438. The molecule has 1 atom stereocenters. The van der Waals surface area contributed by atoms with Gasteiger partial charge in [0.2, 0.25) is 5.91 Å². The maximum absolute atomic E-state index is 12.2. The Morgan fingerprint density at radius 1 is 1.41 bits per heavy atom. The zero-order chi connectivity index (χ0) is 13.1. The van der Waals surface area contributed by atoms with Gasteiger partial charge in [0.25, 0.3) is 0 Å². The molecule has 1 rings (SSSR count). The van der Waals surface area contributed by atoms with E-state index >= 15 is 0 Å². The number of amides is 1. The molecule has 6 heteroatoms. The molecule has 0 bridgehead atoms. The molecule has 1 fully saturated rings. The maximum atomic E-state index is 12.2. The minimum atomic E-state index is -3.02. The maximum Gasteiger partial charge on any atom is 0.242 e. The molecule has 1 heterocycles. The first kappa shape index (κ1) is 14.0. The molecule has 96 valence electrons. The van der Waals surface area contributed by atoms with Crippen molar-refractivity contribution in [2.45, 2.75) is 26.7 Å². The zero-order valence-corrected chi connectivity index (χ0v) is 11.1. The van der Waals surface area contributed by atoms with Crippen LogP contribution in [0.15, 0.2) is 0 Å². The van der Waals surface area contributed by atoms with Crippen LogP contribution in [-0.4, -0.2) is 43.8 Å². The van der Waals surface area contributed by atoms with Gasteiger partial charge in [0, 0.05) is 13.1 Å².